The minimum atomic E-state index is -0.661. The predicted octanol–water partition coefficient (Wildman–Crippen LogP) is 4.10. The van der Waals surface area contributed by atoms with Crippen molar-refractivity contribution in [2.24, 2.45) is 17.1 Å². The average Bonchev–Trinajstić information content (AvgIpc) is 3.34. The van der Waals surface area contributed by atoms with E-state index < -0.39 is 5.41 Å². The van der Waals surface area contributed by atoms with Crippen LogP contribution in [0.25, 0.3) is 11.1 Å². The van der Waals surface area contributed by atoms with Gasteiger partial charge in [0.2, 0.25) is 11.8 Å². The van der Waals surface area contributed by atoms with Crippen LogP contribution in [0, 0.1) is 11.3 Å². The molecule has 1 fully saturated rings. The van der Waals surface area contributed by atoms with E-state index in [1.807, 2.05) is 18.7 Å². The van der Waals surface area contributed by atoms with E-state index >= 15 is 0 Å². The van der Waals surface area contributed by atoms with Gasteiger partial charge in [0.05, 0.1) is 5.41 Å². The number of rotatable bonds is 7. The van der Waals surface area contributed by atoms with Crippen LogP contribution in [-0.4, -0.2) is 29.8 Å². The number of nitrogens with zero attached hydrogens (tertiary/aromatic N) is 1. The van der Waals surface area contributed by atoms with Crippen LogP contribution < -0.4 is 5.73 Å². The van der Waals surface area contributed by atoms with Crippen molar-refractivity contribution in [3.05, 3.63) is 46.7 Å². The van der Waals surface area contributed by atoms with E-state index in [0.717, 1.165) is 18.4 Å². The van der Waals surface area contributed by atoms with Crippen molar-refractivity contribution in [2.45, 2.75) is 39.5 Å². The van der Waals surface area contributed by atoms with Crippen molar-refractivity contribution in [2.75, 3.05) is 13.1 Å². The van der Waals surface area contributed by atoms with Crippen molar-refractivity contribution in [1.29, 1.82) is 0 Å². The number of carbonyl (C=O) groups excluding carboxylic acids is 2. The molecule has 1 aliphatic heterocycles. The monoisotopic (exact) mass is 384 g/mol. The summed E-state index contributed by atoms with van der Waals surface area (Å²) in [6, 6.07) is 10.4. The number of likely N-dealkylation sites (tertiary alicyclic amines) is 1. The van der Waals surface area contributed by atoms with E-state index in [0.29, 0.717) is 25.9 Å². The lowest BCUT2D eigenvalue weighted by Crippen LogP contribution is -2.43. The lowest BCUT2D eigenvalue weighted by Gasteiger charge is -2.27. The van der Waals surface area contributed by atoms with Crippen molar-refractivity contribution in [1.82, 2.24) is 4.90 Å². The number of thiophene rings is 1. The second-order valence-electron chi connectivity index (χ2n) is 7.55. The summed E-state index contributed by atoms with van der Waals surface area (Å²) in [7, 11) is 0. The second-order valence-corrected chi connectivity index (χ2v) is 8.33. The van der Waals surface area contributed by atoms with Crippen molar-refractivity contribution in [3.63, 3.8) is 0 Å². The first-order chi connectivity index (χ1) is 13.0. The Bertz CT molecular complexity index is 781. The number of nitrogens with two attached hydrogens (primary N) is 1. The van der Waals surface area contributed by atoms with E-state index in [1.54, 1.807) is 11.3 Å². The minimum absolute atomic E-state index is 0.0403. The fourth-order valence-electron chi connectivity index (χ4n) is 4.02. The van der Waals surface area contributed by atoms with Crippen LogP contribution >= 0.6 is 11.3 Å². The van der Waals surface area contributed by atoms with Crippen LogP contribution in [-0.2, 0) is 16.0 Å². The van der Waals surface area contributed by atoms with Gasteiger partial charge < -0.3 is 10.6 Å². The third-order valence-corrected chi connectivity index (χ3v) is 6.56. The highest BCUT2D eigenvalue weighted by Gasteiger charge is 2.45. The SMILES string of the molecule is CCC(CC)C(=O)N1CCC(Cc2ccc(-c3ccsc3)cc2)(C(N)=O)C1. The molecular formula is C22H28N2O2S. The van der Waals surface area contributed by atoms with Gasteiger partial charge in [-0.3, -0.25) is 9.59 Å². The number of benzene rings is 1. The van der Waals surface area contributed by atoms with Crippen LogP contribution in [0.5, 0.6) is 0 Å². The van der Waals surface area contributed by atoms with Gasteiger partial charge in [-0.2, -0.15) is 11.3 Å². The van der Waals surface area contributed by atoms with Crippen LogP contribution in [0.15, 0.2) is 41.1 Å². The van der Waals surface area contributed by atoms with E-state index in [9.17, 15) is 9.59 Å². The molecule has 1 aromatic heterocycles. The fourth-order valence-corrected chi connectivity index (χ4v) is 4.69. The average molecular weight is 385 g/mol. The van der Waals surface area contributed by atoms with Gasteiger partial charge in [-0.25, -0.2) is 0 Å². The molecule has 2 N–H and O–H groups in total. The maximum Gasteiger partial charge on any atom is 0.225 e. The number of primary amides is 1. The second kappa shape index (κ2) is 8.26. The molecular weight excluding hydrogens is 356 g/mol. The first kappa shape index (κ1) is 19.6. The molecule has 5 heteroatoms. The zero-order valence-corrected chi connectivity index (χ0v) is 16.9. The van der Waals surface area contributed by atoms with Crippen LogP contribution in [0.3, 0.4) is 0 Å². The molecule has 2 heterocycles. The summed E-state index contributed by atoms with van der Waals surface area (Å²) in [5, 5.41) is 4.19. The standard InChI is InChI=1S/C22H28N2O2S/c1-3-17(4-2)20(25)24-11-10-22(15-24,21(23)26)13-16-5-7-18(8-6-16)19-9-12-27-14-19/h5-9,12,14,17H,3-4,10-11,13,15H2,1-2H3,(H2,23,26). The zero-order chi connectivity index (χ0) is 19.4. The van der Waals surface area contributed by atoms with Crippen molar-refractivity contribution in [3.8, 4) is 11.1 Å². The van der Waals surface area contributed by atoms with E-state index in [-0.39, 0.29) is 17.7 Å². The molecule has 1 unspecified atom stereocenters. The van der Waals surface area contributed by atoms with Gasteiger partial charge in [0, 0.05) is 19.0 Å². The van der Waals surface area contributed by atoms with Crippen LogP contribution in [0.1, 0.15) is 38.7 Å². The molecule has 0 spiro atoms. The van der Waals surface area contributed by atoms with Gasteiger partial charge in [0.25, 0.3) is 0 Å². The summed E-state index contributed by atoms with van der Waals surface area (Å²) in [5.41, 5.74) is 8.62. The highest BCUT2D eigenvalue weighted by molar-refractivity contribution is 7.08. The highest BCUT2D eigenvalue weighted by atomic mass is 32.1. The fraction of sp³-hybridized carbons (Fsp3) is 0.455. The van der Waals surface area contributed by atoms with E-state index in [1.165, 1.54) is 11.1 Å². The molecule has 1 atom stereocenters. The third kappa shape index (κ3) is 4.08. The molecule has 2 amide bonds. The molecule has 0 saturated carbocycles. The first-order valence-corrected chi connectivity index (χ1v) is 10.6. The summed E-state index contributed by atoms with van der Waals surface area (Å²) in [5.74, 6) is -0.0984. The van der Waals surface area contributed by atoms with Gasteiger partial charge in [-0.05, 0) is 59.2 Å². The molecule has 0 radical (unpaired) electrons. The minimum Gasteiger partial charge on any atom is -0.369 e. The Labute approximate surface area is 165 Å². The van der Waals surface area contributed by atoms with Gasteiger partial charge in [-0.15, -0.1) is 0 Å². The van der Waals surface area contributed by atoms with E-state index in [4.69, 9.17) is 5.73 Å². The van der Waals surface area contributed by atoms with E-state index in [2.05, 4.69) is 41.1 Å². The Kier molecular flexibility index (Phi) is 6.00. The van der Waals surface area contributed by atoms with Gasteiger partial charge in [0.1, 0.15) is 0 Å². The number of hydrogen-bond acceptors (Lipinski definition) is 3. The summed E-state index contributed by atoms with van der Waals surface area (Å²) >= 11 is 1.68. The number of carbonyl (C=O) groups is 2. The normalized spacial score (nSPS) is 19.6. The molecule has 1 aromatic carbocycles. The molecule has 4 nitrogen and oxygen atoms in total. The first-order valence-electron chi connectivity index (χ1n) is 9.69. The Morgan fingerprint density at radius 1 is 1.15 bits per heavy atom. The van der Waals surface area contributed by atoms with Crippen LogP contribution in [0.4, 0.5) is 0 Å². The molecule has 1 aliphatic rings. The zero-order valence-electron chi connectivity index (χ0n) is 16.1. The van der Waals surface area contributed by atoms with Gasteiger partial charge in [-0.1, -0.05) is 38.1 Å². The number of hydrogen-bond donors (Lipinski definition) is 1. The van der Waals surface area contributed by atoms with Crippen LogP contribution in [0.2, 0.25) is 0 Å². The van der Waals surface area contributed by atoms with Crippen molar-refractivity contribution >= 4 is 23.2 Å². The molecule has 144 valence electrons. The highest BCUT2D eigenvalue weighted by Crippen LogP contribution is 2.36. The summed E-state index contributed by atoms with van der Waals surface area (Å²) in [4.78, 5) is 26.9. The largest absolute Gasteiger partial charge is 0.369 e. The molecule has 0 aliphatic carbocycles. The lowest BCUT2D eigenvalue weighted by molar-refractivity contribution is -0.135. The topological polar surface area (TPSA) is 63.4 Å². The Balaban J connectivity index is 1.74. The number of amides is 2. The molecule has 27 heavy (non-hydrogen) atoms. The smallest absolute Gasteiger partial charge is 0.225 e. The summed E-state index contributed by atoms with van der Waals surface area (Å²) in [6.07, 6.45) is 2.89. The quantitative estimate of drug-likeness (QED) is 0.781. The third-order valence-electron chi connectivity index (χ3n) is 5.87. The summed E-state index contributed by atoms with van der Waals surface area (Å²) in [6.45, 7) is 5.13. The predicted molar refractivity (Wildman–Crippen MR) is 110 cm³/mol. The molecule has 3 rings (SSSR count). The maximum absolute atomic E-state index is 12.7. The van der Waals surface area contributed by atoms with Gasteiger partial charge >= 0.3 is 0 Å². The Hall–Kier alpha value is -2.14. The Morgan fingerprint density at radius 3 is 2.41 bits per heavy atom. The maximum atomic E-state index is 12.7. The Morgan fingerprint density at radius 2 is 1.85 bits per heavy atom. The van der Waals surface area contributed by atoms with Crippen molar-refractivity contribution < 1.29 is 9.59 Å². The summed E-state index contributed by atoms with van der Waals surface area (Å²) < 4.78 is 0. The molecule has 1 saturated heterocycles. The lowest BCUT2D eigenvalue weighted by atomic mass is 9.80. The molecule has 0 bridgehead atoms. The molecule has 2 aromatic rings. The van der Waals surface area contributed by atoms with Gasteiger partial charge in [0.15, 0.2) is 0 Å².